The Morgan fingerprint density at radius 1 is 1.27 bits per heavy atom. The first-order valence-electron chi connectivity index (χ1n) is 7.34. The molecule has 1 aliphatic rings. The third-order valence-electron chi connectivity index (χ3n) is 3.78. The van der Waals surface area contributed by atoms with Gasteiger partial charge in [-0.15, -0.1) is 0 Å². The maximum Gasteiger partial charge on any atom is 0.273 e. The summed E-state index contributed by atoms with van der Waals surface area (Å²) in [7, 11) is 0. The molecular weight excluding hydrogens is 302 g/mol. The Morgan fingerprint density at radius 3 is 2.50 bits per heavy atom. The van der Waals surface area contributed by atoms with Crippen LogP contribution in [0.5, 0.6) is 0 Å². The van der Waals surface area contributed by atoms with Gasteiger partial charge in [0.15, 0.2) is 5.11 Å². The molecule has 1 amide bonds. The number of nitro groups is 1. The summed E-state index contributed by atoms with van der Waals surface area (Å²) in [5.41, 5.74) is 0.708. The van der Waals surface area contributed by atoms with Gasteiger partial charge in [0.2, 0.25) is 0 Å². The highest BCUT2D eigenvalue weighted by atomic mass is 32.1. The lowest BCUT2D eigenvalue weighted by Crippen LogP contribution is -2.43. The topological polar surface area (TPSA) is 75.5 Å². The molecule has 0 unspecified atom stereocenters. The Labute approximate surface area is 134 Å². The average molecular weight is 321 g/mol. The van der Waals surface area contributed by atoms with Gasteiger partial charge in [-0.05, 0) is 38.0 Å². The first kappa shape index (κ1) is 16.4. The molecule has 0 aliphatic carbocycles. The van der Waals surface area contributed by atoms with Gasteiger partial charge in [-0.25, -0.2) is 0 Å². The summed E-state index contributed by atoms with van der Waals surface area (Å²) >= 11 is 5.28. The van der Waals surface area contributed by atoms with Crippen molar-refractivity contribution in [2.75, 3.05) is 13.1 Å². The number of carbonyl (C=O) groups is 1. The molecule has 1 saturated heterocycles. The number of carbonyl (C=O) groups excluding carboxylic acids is 1. The average Bonchev–Trinajstić information content (AvgIpc) is 2.76. The largest absolute Gasteiger partial charge is 0.349 e. The summed E-state index contributed by atoms with van der Waals surface area (Å²) in [4.78, 5) is 24.7. The lowest BCUT2D eigenvalue weighted by molar-refractivity contribution is -0.385. The molecule has 6 nitrogen and oxygen atoms in total. The van der Waals surface area contributed by atoms with Gasteiger partial charge < -0.3 is 4.90 Å². The lowest BCUT2D eigenvalue weighted by Gasteiger charge is -2.23. The van der Waals surface area contributed by atoms with Gasteiger partial charge in [-0.1, -0.05) is 18.9 Å². The third-order valence-corrected chi connectivity index (χ3v) is 4.14. The van der Waals surface area contributed by atoms with Crippen LogP contribution in [0, 0.1) is 17.0 Å². The molecule has 0 atom stereocenters. The van der Waals surface area contributed by atoms with Crippen molar-refractivity contribution in [3.63, 3.8) is 0 Å². The summed E-state index contributed by atoms with van der Waals surface area (Å²) < 4.78 is 0. The highest BCUT2D eigenvalue weighted by Gasteiger charge is 2.18. The Kier molecular flexibility index (Phi) is 5.43. The Hall–Kier alpha value is -2.02. The van der Waals surface area contributed by atoms with Crippen LogP contribution < -0.4 is 5.32 Å². The molecule has 0 bridgehead atoms. The summed E-state index contributed by atoms with van der Waals surface area (Å²) in [5.74, 6) is -0.405. The summed E-state index contributed by atoms with van der Waals surface area (Å²) in [5, 5.41) is 14.0. The van der Waals surface area contributed by atoms with E-state index in [9.17, 15) is 14.9 Å². The molecule has 0 saturated carbocycles. The first-order valence-corrected chi connectivity index (χ1v) is 7.75. The van der Waals surface area contributed by atoms with E-state index in [-0.39, 0.29) is 11.3 Å². The molecule has 2 rings (SSSR count). The minimum absolute atomic E-state index is 0.0617. The highest BCUT2D eigenvalue weighted by Crippen LogP contribution is 2.19. The van der Waals surface area contributed by atoms with Crippen LogP contribution in [0.2, 0.25) is 0 Å². The molecule has 0 spiro atoms. The van der Waals surface area contributed by atoms with Crippen LogP contribution in [-0.2, 0) is 0 Å². The number of aryl methyl sites for hydroxylation is 1. The number of nitro benzene ring substituents is 1. The van der Waals surface area contributed by atoms with Crippen LogP contribution in [0.4, 0.5) is 5.69 Å². The van der Waals surface area contributed by atoms with Crippen molar-refractivity contribution in [1.82, 2.24) is 10.2 Å². The molecule has 1 heterocycles. The maximum atomic E-state index is 12.2. The molecule has 1 N–H and O–H groups in total. The second-order valence-corrected chi connectivity index (χ2v) is 5.81. The Bertz CT molecular complexity index is 596. The van der Waals surface area contributed by atoms with E-state index in [0.29, 0.717) is 10.7 Å². The zero-order chi connectivity index (χ0) is 16.1. The molecule has 1 aromatic carbocycles. The van der Waals surface area contributed by atoms with Crippen molar-refractivity contribution in [3.05, 3.63) is 39.4 Å². The van der Waals surface area contributed by atoms with Crippen molar-refractivity contribution in [2.45, 2.75) is 32.6 Å². The van der Waals surface area contributed by atoms with Crippen LogP contribution in [0.1, 0.15) is 41.6 Å². The number of rotatable bonds is 2. The first-order chi connectivity index (χ1) is 10.5. The fourth-order valence-corrected chi connectivity index (χ4v) is 2.74. The minimum atomic E-state index is -0.487. The van der Waals surface area contributed by atoms with Crippen LogP contribution >= 0.6 is 12.2 Å². The van der Waals surface area contributed by atoms with E-state index in [0.717, 1.165) is 25.9 Å². The summed E-state index contributed by atoms with van der Waals surface area (Å²) in [6.07, 6.45) is 4.48. The SMILES string of the molecule is Cc1ccc(C(=O)NC(=S)N2CCCCCC2)cc1[N+](=O)[O-]. The van der Waals surface area contributed by atoms with E-state index in [1.54, 1.807) is 19.1 Å². The zero-order valence-corrected chi connectivity index (χ0v) is 13.3. The smallest absolute Gasteiger partial charge is 0.273 e. The van der Waals surface area contributed by atoms with Gasteiger partial charge in [-0.2, -0.15) is 0 Å². The van der Waals surface area contributed by atoms with Crippen molar-refractivity contribution in [1.29, 1.82) is 0 Å². The zero-order valence-electron chi connectivity index (χ0n) is 12.5. The van der Waals surface area contributed by atoms with Crippen LogP contribution in [-0.4, -0.2) is 33.9 Å². The van der Waals surface area contributed by atoms with Gasteiger partial charge >= 0.3 is 0 Å². The van der Waals surface area contributed by atoms with Crippen LogP contribution in [0.25, 0.3) is 0 Å². The fraction of sp³-hybridized carbons (Fsp3) is 0.467. The predicted octanol–water partition coefficient (Wildman–Crippen LogP) is 2.79. The van der Waals surface area contributed by atoms with E-state index in [4.69, 9.17) is 12.2 Å². The van der Waals surface area contributed by atoms with Crippen molar-refractivity contribution >= 4 is 28.9 Å². The number of thiocarbonyl (C=S) groups is 1. The standard InChI is InChI=1S/C15H19N3O3S/c1-11-6-7-12(10-13(11)18(20)21)14(19)16-15(22)17-8-4-2-3-5-9-17/h6-7,10H,2-5,8-9H2,1H3,(H,16,19,22). The van der Waals surface area contributed by atoms with E-state index in [1.165, 1.54) is 18.9 Å². The van der Waals surface area contributed by atoms with E-state index >= 15 is 0 Å². The number of nitrogens with one attached hydrogen (secondary N) is 1. The Morgan fingerprint density at radius 2 is 1.91 bits per heavy atom. The predicted molar refractivity (Wildman–Crippen MR) is 87.9 cm³/mol. The van der Waals surface area contributed by atoms with Crippen LogP contribution in [0.3, 0.4) is 0 Å². The van der Waals surface area contributed by atoms with Gasteiger partial charge in [0.05, 0.1) is 4.92 Å². The molecule has 1 aromatic rings. The third kappa shape index (κ3) is 4.00. The number of nitrogens with zero attached hydrogens (tertiary/aromatic N) is 2. The van der Waals surface area contributed by atoms with Crippen LogP contribution in [0.15, 0.2) is 18.2 Å². The second-order valence-electron chi connectivity index (χ2n) is 5.42. The van der Waals surface area contributed by atoms with E-state index in [1.807, 2.05) is 4.90 Å². The van der Waals surface area contributed by atoms with E-state index < -0.39 is 10.8 Å². The molecule has 0 aromatic heterocycles. The Balaban J connectivity index is 2.06. The number of likely N-dealkylation sites (tertiary alicyclic amines) is 1. The summed E-state index contributed by atoms with van der Waals surface area (Å²) in [6.45, 7) is 3.32. The number of hydrogen-bond donors (Lipinski definition) is 1. The molecule has 0 radical (unpaired) electrons. The highest BCUT2D eigenvalue weighted by molar-refractivity contribution is 7.80. The minimum Gasteiger partial charge on any atom is -0.349 e. The van der Waals surface area contributed by atoms with E-state index in [2.05, 4.69) is 5.32 Å². The summed E-state index contributed by atoms with van der Waals surface area (Å²) in [6, 6.07) is 4.43. The van der Waals surface area contributed by atoms with Crippen molar-refractivity contribution in [2.24, 2.45) is 0 Å². The molecule has 22 heavy (non-hydrogen) atoms. The van der Waals surface area contributed by atoms with Crippen molar-refractivity contribution in [3.8, 4) is 0 Å². The molecule has 118 valence electrons. The molecule has 1 aliphatic heterocycles. The lowest BCUT2D eigenvalue weighted by atomic mass is 10.1. The molecule has 1 fully saturated rings. The van der Waals surface area contributed by atoms with Gasteiger partial charge in [0.1, 0.15) is 0 Å². The van der Waals surface area contributed by atoms with Crippen molar-refractivity contribution < 1.29 is 9.72 Å². The number of hydrogen-bond acceptors (Lipinski definition) is 4. The van der Waals surface area contributed by atoms with Gasteiger partial charge in [0, 0.05) is 30.3 Å². The number of benzene rings is 1. The number of amides is 1. The van der Waals surface area contributed by atoms with Gasteiger partial charge in [0.25, 0.3) is 11.6 Å². The fourth-order valence-electron chi connectivity index (χ4n) is 2.47. The molecular formula is C15H19N3O3S. The van der Waals surface area contributed by atoms with Gasteiger partial charge in [-0.3, -0.25) is 20.2 Å². The molecule has 7 heteroatoms. The monoisotopic (exact) mass is 321 g/mol. The maximum absolute atomic E-state index is 12.2. The second kappa shape index (κ2) is 7.31. The normalized spacial score (nSPS) is 15.0. The quantitative estimate of drug-likeness (QED) is 0.515.